The lowest BCUT2D eigenvalue weighted by Crippen LogP contribution is -2.56. The van der Waals surface area contributed by atoms with E-state index in [1.165, 1.54) is 0 Å². The normalized spacial score (nSPS) is 14.9. The molecule has 1 aliphatic heterocycles. The highest BCUT2D eigenvalue weighted by Crippen LogP contribution is 2.19. The largest absolute Gasteiger partial charge is 0.471 e. The van der Waals surface area contributed by atoms with E-state index in [0.29, 0.717) is 31.2 Å². The first-order valence-electron chi connectivity index (χ1n) is 6.90. The molecule has 110 valence electrons. The van der Waals surface area contributed by atoms with Gasteiger partial charge in [0, 0.05) is 17.8 Å². The minimum absolute atomic E-state index is 0.0218. The Bertz CT molecular complexity index is 613. The molecule has 0 aliphatic carbocycles. The molecular weight excluding hydrogens is 270 g/mol. The zero-order valence-corrected chi connectivity index (χ0v) is 12.1. The third-order valence-corrected chi connectivity index (χ3v) is 3.64. The Balaban J connectivity index is 1.51. The van der Waals surface area contributed by atoms with Gasteiger partial charge in [0.2, 0.25) is 11.8 Å². The molecule has 0 saturated carbocycles. The molecule has 0 bridgehead atoms. The fourth-order valence-corrected chi connectivity index (χ4v) is 2.32. The van der Waals surface area contributed by atoms with Crippen molar-refractivity contribution in [3.8, 4) is 5.88 Å². The van der Waals surface area contributed by atoms with Crippen molar-refractivity contribution in [3.63, 3.8) is 0 Å². The van der Waals surface area contributed by atoms with Crippen molar-refractivity contribution >= 4 is 5.91 Å². The highest BCUT2D eigenvalue weighted by molar-refractivity contribution is 5.80. The first-order valence-corrected chi connectivity index (χ1v) is 6.90. The number of nitrogens with zero attached hydrogens (tertiary/aromatic N) is 3. The second kappa shape index (κ2) is 5.55. The third kappa shape index (κ3) is 2.89. The van der Waals surface area contributed by atoms with Crippen molar-refractivity contribution in [1.82, 2.24) is 15.0 Å². The van der Waals surface area contributed by atoms with Gasteiger partial charge in [-0.15, -0.1) is 0 Å². The quantitative estimate of drug-likeness (QED) is 0.852. The summed E-state index contributed by atoms with van der Waals surface area (Å²) < 4.78 is 10.8. The fourth-order valence-electron chi connectivity index (χ4n) is 2.32. The number of likely N-dealkylation sites (tertiary alicyclic amines) is 1. The summed E-state index contributed by atoms with van der Waals surface area (Å²) >= 11 is 0. The third-order valence-electron chi connectivity index (χ3n) is 3.64. The molecule has 0 atom stereocenters. The van der Waals surface area contributed by atoms with E-state index in [0.717, 1.165) is 11.3 Å². The predicted molar refractivity (Wildman–Crippen MR) is 74.9 cm³/mol. The molecule has 21 heavy (non-hydrogen) atoms. The number of carbonyl (C=O) groups excluding carboxylic acids is 1. The summed E-state index contributed by atoms with van der Waals surface area (Å²) in [6, 6.07) is 5.53. The number of carbonyl (C=O) groups is 1. The van der Waals surface area contributed by atoms with Crippen molar-refractivity contribution < 1.29 is 14.1 Å². The second-order valence-corrected chi connectivity index (χ2v) is 5.19. The highest BCUT2D eigenvalue weighted by atomic mass is 16.5. The van der Waals surface area contributed by atoms with Gasteiger partial charge < -0.3 is 14.2 Å². The van der Waals surface area contributed by atoms with E-state index < -0.39 is 0 Å². The van der Waals surface area contributed by atoms with Crippen LogP contribution in [0.3, 0.4) is 0 Å². The summed E-state index contributed by atoms with van der Waals surface area (Å²) in [5.41, 5.74) is 1.66. The summed E-state index contributed by atoms with van der Waals surface area (Å²) in [7, 11) is 0. The average Bonchev–Trinajstić information content (AvgIpc) is 2.75. The van der Waals surface area contributed by atoms with Gasteiger partial charge >= 0.3 is 0 Å². The van der Waals surface area contributed by atoms with E-state index in [4.69, 9.17) is 9.26 Å². The molecule has 0 radical (unpaired) electrons. The lowest BCUT2D eigenvalue weighted by molar-refractivity contribution is -0.139. The number of hydrogen-bond acceptors (Lipinski definition) is 5. The van der Waals surface area contributed by atoms with Gasteiger partial charge in [-0.05, 0) is 19.9 Å². The monoisotopic (exact) mass is 287 g/mol. The van der Waals surface area contributed by atoms with Crippen LogP contribution in [0.4, 0.5) is 0 Å². The van der Waals surface area contributed by atoms with Crippen molar-refractivity contribution in [3.05, 3.63) is 41.4 Å². The zero-order chi connectivity index (χ0) is 14.8. The molecule has 3 heterocycles. The Morgan fingerprint density at radius 2 is 2.24 bits per heavy atom. The van der Waals surface area contributed by atoms with Crippen LogP contribution < -0.4 is 4.74 Å². The second-order valence-electron chi connectivity index (χ2n) is 5.19. The standard InChI is InChI=1S/C15H17N3O3/c1-10-13(11(2)21-17-10)7-15(19)18-8-12(9-18)20-14-5-3-4-6-16-14/h3-6,12H,7-9H2,1-2H3. The Kier molecular flexibility index (Phi) is 3.60. The Hall–Kier alpha value is -2.37. The molecular formula is C15H17N3O3. The summed E-state index contributed by atoms with van der Waals surface area (Å²) in [4.78, 5) is 18.1. The molecule has 6 heteroatoms. The van der Waals surface area contributed by atoms with Crippen molar-refractivity contribution in [2.24, 2.45) is 0 Å². The number of aryl methyl sites for hydroxylation is 2. The summed E-state index contributed by atoms with van der Waals surface area (Å²) in [5, 5.41) is 3.86. The maximum Gasteiger partial charge on any atom is 0.227 e. The molecule has 0 spiro atoms. The highest BCUT2D eigenvalue weighted by Gasteiger charge is 2.33. The lowest BCUT2D eigenvalue weighted by atomic mass is 10.1. The van der Waals surface area contributed by atoms with Gasteiger partial charge in [0.15, 0.2) is 0 Å². The van der Waals surface area contributed by atoms with E-state index in [9.17, 15) is 4.79 Å². The van der Waals surface area contributed by atoms with E-state index in [1.54, 1.807) is 11.1 Å². The van der Waals surface area contributed by atoms with Gasteiger partial charge in [0.1, 0.15) is 11.9 Å². The lowest BCUT2D eigenvalue weighted by Gasteiger charge is -2.38. The van der Waals surface area contributed by atoms with Gasteiger partial charge in [0.25, 0.3) is 0 Å². The van der Waals surface area contributed by atoms with Crippen LogP contribution in [0.15, 0.2) is 28.9 Å². The van der Waals surface area contributed by atoms with Crippen LogP contribution in [0.1, 0.15) is 17.0 Å². The van der Waals surface area contributed by atoms with Gasteiger partial charge in [-0.25, -0.2) is 4.98 Å². The van der Waals surface area contributed by atoms with Crippen LogP contribution in [0.25, 0.3) is 0 Å². The number of aromatic nitrogens is 2. The van der Waals surface area contributed by atoms with Crippen molar-refractivity contribution in [2.75, 3.05) is 13.1 Å². The molecule has 0 N–H and O–H groups in total. The van der Waals surface area contributed by atoms with Crippen LogP contribution in [-0.2, 0) is 11.2 Å². The Morgan fingerprint density at radius 1 is 1.43 bits per heavy atom. The molecule has 1 fully saturated rings. The van der Waals surface area contributed by atoms with E-state index in [1.807, 2.05) is 32.0 Å². The fraction of sp³-hybridized carbons (Fsp3) is 0.400. The molecule has 2 aromatic heterocycles. The van der Waals surface area contributed by atoms with E-state index >= 15 is 0 Å². The summed E-state index contributed by atoms with van der Waals surface area (Å²) in [6.45, 7) is 4.87. The Morgan fingerprint density at radius 3 is 2.86 bits per heavy atom. The van der Waals surface area contributed by atoms with Crippen LogP contribution in [-0.4, -0.2) is 40.1 Å². The molecule has 0 unspecified atom stereocenters. The Labute approximate surface area is 122 Å². The smallest absolute Gasteiger partial charge is 0.227 e. The molecule has 1 amide bonds. The zero-order valence-electron chi connectivity index (χ0n) is 12.1. The predicted octanol–water partition coefficient (Wildman–Crippen LogP) is 1.52. The maximum atomic E-state index is 12.2. The topological polar surface area (TPSA) is 68.5 Å². The van der Waals surface area contributed by atoms with Crippen LogP contribution in [0.5, 0.6) is 5.88 Å². The number of pyridine rings is 1. The number of ether oxygens (including phenoxy) is 1. The van der Waals surface area contributed by atoms with Crippen LogP contribution in [0.2, 0.25) is 0 Å². The van der Waals surface area contributed by atoms with Gasteiger partial charge in [-0.1, -0.05) is 11.2 Å². The maximum absolute atomic E-state index is 12.2. The molecule has 1 aliphatic rings. The van der Waals surface area contributed by atoms with Gasteiger partial charge in [-0.2, -0.15) is 0 Å². The SMILES string of the molecule is Cc1noc(C)c1CC(=O)N1CC(Oc2ccccn2)C1. The minimum Gasteiger partial charge on any atom is -0.471 e. The molecule has 3 rings (SSSR count). The van der Waals surface area contributed by atoms with Gasteiger partial charge in [-0.3, -0.25) is 4.79 Å². The average molecular weight is 287 g/mol. The molecule has 0 aromatic carbocycles. The van der Waals surface area contributed by atoms with Crippen LogP contribution >= 0.6 is 0 Å². The van der Waals surface area contributed by atoms with E-state index in [-0.39, 0.29) is 12.0 Å². The first kappa shape index (κ1) is 13.6. The first-order chi connectivity index (χ1) is 10.1. The van der Waals surface area contributed by atoms with Crippen LogP contribution in [0, 0.1) is 13.8 Å². The van der Waals surface area contributed by atoms with Gasteiger partial charge in [0.05, 0.1) is 25.2 Å². The number of rotatable bonds is 4. The van der Waals surface area contributed by atoms with E-state index in [2.05, 4.69) is 10.1 Å². The molecule has 6 nitrogen and oxygen atoms in total. The van der Waals surface area contributed by atoms with Crippen molar-refractivity contribution in [2.45, 2.75) is 26.4 Å². The number of amides is 1. The summed E-state index contributed by atoms with van der Waals surface area (Å²) in [5.74, 6) is 1.38. The minimum atomic E-state index is 0.0218. The summed E-state index contributed by atoms with van der Waals surface area (Å²) in [6.07, 6.45) is 2.04. The molecule has 2 aromatic rings. The van der Waals surface area contributed by atoms with Crippen molar-refractivity contribution in [1.29, 1.82) is 0 Å². The number of hydrogen-bond donors (Lipinski definition) is 0. The molecule has 1 saturated heterocycles.